The fraction of sp³-hybridized carbons (Fsp3) is 0.700. The molecule has 3 rings (SSSR count). The minimum atomic E-state index is 0.284. The van der Waals surface area contributed by atoms with Gasteiger partial charge in [-0.15, -0.1) is 11.8 Å². The van der Waals surface area contributed by atoms with Crippen molar-refractivity contribution in [3.63, 3.8) is 0 Å². The Kier molecular flexibility index (Phi) is 7.30. The second kappa shape index (κ2) is 9.69. The summed E-state index contributed by atoms with van der Waals surface area (Å²) < 4.78 is 0. The van der Waals surface area contributed by atoms with Crippen LogP contribution in [0.4, 0.5) is 5.69 Å². The summed E-state index contributed by atoms with van der Waals surface area (Å²) in [5.74, 6) is 0.989. The van der Waals surface area contributed by atoms with Crippen molar-refractivity contribution in [3.8, 4) is 0 Å². The third-order valence-electron chi connectivity index (χ3n) is 5.42. The topological polar surface area (TPSA) is 35.5 Å². The quantitative estimate of drug-likeness (QED) is 0.566. The number of thioether (sulfide) groups is 1. The van der Waals surface area contributed by atoms with Crippen molar-refractivity contribution in [1.82, 2.24) is 4.90 Å². The lowest BCUT2D eigenvalue weighted by molar-refractivity contribution is 0.126. The van der Waals surface area contributed by atoms with Gasteiger partial charge in [-0.05, 0) is 56.4 Å². The summed E-state index contributed by atoms with van der Waals surface area (Å²) in [4.78, 5) is 4.04. The largest absolute Gasteiger partial charge is 0.396 e. The van der Waals surface area contributed by atoms with Gasteiger partial charge in [-0.3, -0.25) is 0 Å². The number of hydrogen-bond donors (Lipinski definition) is 2. The summed E-state index contributed by atoms with van der Waals surface area (Å²) in [7, 11) is 0. The van der Waals surface area contributed by atoms with E-state index in [9.17, 15) is 0 Å². The standard InChI is InChI=1S/C20H32N2OS/c23-15-4-16-24-20-9-7-17(8-10-20)21-18-11-13-22(14-12-18)19-5-2-1-3-6-19/h7-10,18-19,21,23H,1-6,11-16H2. The molecular weight excluding hydrogens is 316 g/mol. The van der Waals surface area contributed by atoms with Gasteiger partial charge >= 0.3 is 0 Å². The Morgan fingerprint density at radius 2 is 1.71 bits per heavy atom. The zero-order valence-corrected chi connectivity index (χ0v) is 15.6. The van der Waals surface area contributed by atoms with Crippen LogP contribution >= 0.6 is 11.8 Å². The number of nitrogens with one attached hydrogen (secondary N) is 1. The van der Waals surface area contributed by atoms with Gasteiger partial charge in [0, 0.05) is 48.1 Å². The first-order chi connectivity index (χ1) is 11.8. The predicted octanol–water partition coefficient (Wildman–Crippen LogP) is 4.37. The van der Waals surface area contributed by atoms with Crippen LogP contribution in [0, 0.1) is 0 Å². The van der Waals surface area contributed by atoms with E-state index < -0.39 is 0 Å². The maximum absolute atomic E-state index is 8.85. The molecule has 1 aromatic rings. The summed E-state index contributed by atoms with van der Waals surface area (Å²) in [6, 6.07) is 10.3. The number of anilines is 1. The molecule has 1 saturated carbocycles. The molecule has 4 heteroatoms. The molecule has 0 atom stereocenters. The Bertz CT molecular complexity index is 465. The Labute approximate surface area is 151 Å². The van der Waals surface area contributed by atoms with Crippen LogP contribution in [0.15, 0.2) is 29.2 Å². The van der Waals surface area contributed by atoms with Crippen LogP contribution in [-0.2, 0) is 0 Å². The smallest absolute Gasteiger partial charge is 0.0439 e. The molecule has 2 N–H and O–H groups in total. The van der Waals surface area contributed by atoms with Gasteiger partial charge in [-0.2, -0.15) is 0 Å². The van der Waals surface area contributed by atoms with Crippen molar-refractivity contribution in [3.05, 3.63) is 24.3 Å². The average Bonchev–Trinajstić information content (AvgIpc) is 2.65. The van der Waals surface area contributed by atoms with Crippen molar-refractivity contribution in [2.24, 2.45) is 0 Å². The number of likely N-dealkylation sites (tertiary alicyclic amines) is 1. The van der Waals surface area contributed by atoms with Crippen LogP contribution in [0.3, 0.4) is 0 Å². The molecule has 1 heterocycles. The molecule has 1 aromatic carbocycles. The molecule has 24 heavy (non-hydrogen) atoms. The third-order valence-corrected chi connectivity index (χ3v) is 6.52. The van der Waals surface area contributed by atoms with E-state index in [0.29, 0.717) is 6.04 Å². The minimum absolute atomic E-state index is 0.284. The second-order valence-corrected chi connectivity index (χ2v) is 8.36. The van der Waals surface area contributed by atoms with Crippen LogP contribution in [0.2, 0.25) is 0 Å². The van der Waals surface area contributed by atoms with Gasteiger partial charge in [-0.1, -0.05) is 19.3 Å². The van der Waals surface area contributed by atoms with Crippen molar-refractivity contribution in [1.29, 1.82) is 0 Å². The molecule has 0 bridgehead atoms. The Hall–Kier alpha value is -0.710. The number of nitrogens with zero attached hydrogens (tertiary/aromatic N) is 1. The van der Waals surface area contributed by atoms with E-state index in [0.717, 1.165) is 18.2 Å². The summed E-state index contributed by atoms with van der Waals surface area (Å²) in [5, 5.41) is 12.6. The van der Waals surface area contributed by atoms with E-state index in [-0.39, 0.29) is 6.61 Å². The third kappa shape index (κ3) is 5.40. The van der Waals surface area contributed by atoms with Gasteiger partial charge in [0.15, 0.2) is 0 Å². The van der Waals surface area contributed by atoms with Gasteiger partial charge < -0.3 is 15.3 Å². The second-order valence-electron chi connectivity index (χ2n) is 7.20. The molecule has 1 saturated heterocycles. The van der Waals surface area contributed by atoms with Crippen LogP contribution in [-0.4, -0.2) is 47.5 Å². The zero-order chi connectivity index (χ0) is 16.6. The van der Waals surface area contributed by atoms with Crippen LogP contribution < -0.4 is 5.32 Å². The lowest BCUT2D eigenvalue weighted by atomic mass is 9.92. The highest BCUT2D eigenvalue weighted by molar-refractivity contribution is 7.99. The molecule has 0 spiro atoms. The molecule has 2 aliphatic rings. The van der Waals surface area contributed by atoms with E-state index in [1.165, 1.54) is 68.6 Å². The average molecular weight is 349 g/mol. The van der Waals surface area contributed by atoms with Crippen LogP contribution in [0.1, 0.15) is 51.4 Å². The van der Waals surface area contributed by atoms with E-state index >= 15 is 0 Å². The monoisotopic (exact) mass is 348 g/mol. The predicted molar refractivity (Wildman–Crippen MR) is 104 cm³/mol. The molecule has 3 nitrogen and oxygen atoms in total. The summed E-state index contributed by atoms with van der Waals surface area (Å²) in [6.07, 6.45) is 10.6. The van der Waals surface area contributed by atoms with Crippen LogP contribution in [0.25, 0.3) is 0 Å². The van der Waals surface area contributed by atoms with E-state index in [1.54, 1.807) is 0 Å². The summed E-state index contributed by atoms with van der Waals surface area (Å²) in [5.41, 5.74) is 1.25. The number of benzene rings is 1. The molecule has 0 aromatic heterocycles. The van der Waals surface area contributed by atoms with E-state index in [4.69, 9.17) is 5.11 Å². The molecule has 0 radical (unpaired) electrons. The van der Waals surface area contributed by atoms with E-state index in [2.05, 4.69) is 34.5 Å². The minimum Gasteiger partial charge on any atom is -0.396 e. The Balaban J connectivity index is 1.40. The normalized spacial score (nSPS) is 21.0. The highest BCUT2D eigenvalue weighted by Crippen LogP contribution is 2.27. The Morgan fingerprint density at radius 1 is 1.00 bits per heavy atom. The molecular formula is C20H32N2OS. The fourth-order valence-electron chi connectivity index (χ4n) is 3.99. The Morgan fingerprint density at radius 3 is 2.38 bits per heavy atom. The molecule has 2 fully saturated rings. The lowest BCUT2D eigenvalue weighted by Gasteiger charge is -2.39. The van der Waals surface area contributed by atoms with Gasteiger partial charge in [0.1, 0.15) is 0 Å². The van der Waals surface area contributed by atoms with Gasteiger partial charge in [-0.25, -0.2) is 0 Å². The van der Waals surface area contributed by atoms with Gasteiger partial charge in [0.05, 0.1) is 0 Å². The maximum atomic E-state index is 8.85. The fourth-order valence-corrected chi connectivity index (χ4v) is 4.83. The number of aliphatic hydroxyl groups is 1. The highest BCUT2D eigenvalue weighted by atomic mass is 32.2. The van der Waals surface area contributed by atoms with Gasteiger partial charge in [0.2, 0.25) is 0 Å². The number of piperidine rings is 1. The number of aliphatic hydroxyl groups excluding tert-OH is 1. The summed E-state index contributed by atoms with van der Waals surface area (Å²) >= 11 is 1.82. The molecule has 0 unspecified atom stereocenters. The first-order valence-electron chi connectivity index (χ1n) is 9.69. The first-order valence-corrected chi connectivity index (χ1v) is 10.7. The van der Waals surface area contributed by atoms with Crippen LogP contribution in [0.5, 0.6) is 0 Å². The zero-order valence-electron chi connectivity index (χ0n) is 14.8. The first kappa shape index (κ1) is 18.1. The molecule has 1 aliphatic heterocycles. The van der Waals surface area contributed by atoms with Crippen molar-refractivity contribution in [2.45, 2.75) is 68.3 Å². The summed E-state index contributed by atoms with van der Waals surface area (Å²) in [6.45, 7) is 2.81. The molecule has 1 aliphatic carbocycles. The number of rotatable bonds is 7. The van der Waals surface area contributed by atoms with Gasteiger partial charge in [0.25, 0.3) is 0 Å². The lowest BCUT2D eigenvalue weighted by Crippen LogP contribution is -2.45. The number of hydrogen-bond acceptors (Lipinski definition) is 4. The van der Waals surface area contributed by atoms with E-state index in [1.807, 2.05) is 11.8 Å². The van der Waals surface area contributed by atoms with Crippen molar-refractivity contribution < 1.29 is 5.11 Å². The van der Waals surface area contributed by atoms with Crippen molar-refractivity contribution in [2.75, 3.05) is 30.8 Å². The SMILES string of the molecule is OCCCSc1ccc(NC2CCN(C3CCCCC3)CC2)cc1. The highest BCUT2D eigenvalue weighted by Gasteiger charge is 2.25. The molecule has 0 amide bonds. The van der Waals surface area contributed by atoms with Crippen molar-refractivity contribution >= 4 is 17.4 Å². The molecule has 134 valence electrons. The maximum Gasteiger partial charge on any atom is 0.0439 e.